The van der Waals surface area contributed by atoms with Gasteiger partial charge in [0, 0.05) is 70.7 Å². The second-order valence-corrected chi connectivity index (χ2v) is 0. The van der Waals surface area contributed by atoms with Crippen molar-refractivity contribution in [1.82, 2.24) is 0 Å². The van der Waals surface area contributed by atoms with Crippen molar-refractivity contribution in [2.75, 3.05) is 0 Å². The van der Waals surface area contributed by atoms with Gasteiger partial charge in [0.1, 0.15) is 0 Å². The predicted molar refractivity (Wildman–Crippen MR) is 21.2 cm³/mol. The maximum absolute atomic E-state index is 0. The van der Waals surface area contributed by atoms with Crippen molar-refractivity contribution in [3.05, 3.63) is 0 Å². The van der Waals surface area contributed by atoms with Crippen molar-refractivity contribution in [3.63, 3.8) is 0 Å². The molecule has 0 aromatic heterocycles. The molecule has 0 fully saturated rings. The van der Waals surface area contributed by atoms with E-state index in [1.165, 1.54) is 0 Å². The van der Waals surface area contributed by atoms with Gasteiger partial charge in [0.2, 0.25) is 0 Å². The topological polar surface area (TPSA) is 0 Å². The van der Waals surface area contributed by atoms with Crippen molar-refractivity contribution >= 4 is 41.0 Å². The molecule has 31 valence electrons. The average Bonchev–Trinajstić information content (AvgIpc) is 0. The molecule has 0 N–H and O–H groups in total. The summed E-state index contributed by atoms with van der Waals surface area (Å²) in [4.78, 5) is 0. The zero-order valence-electron chi connectivity index (χ0n) is 2.26. The standard InChI is InChI=1S/Fe.HI.Mn.Se.Zn/h;1H;;;. The van der Waals surface area contributed by atoms with Crippen molar-refractivity contribution in [1.29, 1.82) is 0 Å². The van der Waals surface area contributed by atoms with Crippen molar-refractivity contribution in [3.8, 4) is 0 Å². The molecule has 3 radical (unpaired) electrons. The Kier molecular flexibility index (Phi) is 254. The summed E-state index contributed by atoms with van der Waals surface area (Å²) in [5.74, 6) is 0. The quantitative estimate of drug-likeness (QED) is 0.415. The Labute approximate surface area is 93.2 Å². The van der Waals surface area contributed by atoms with E-state index in [0.29, 0.717) is 0 Å². The van der Waals surface area contributed by atoms with Crippen molar-refractivity contribution in [2.24, 2.45) is 0 Å². The maximum atomic E-state index is 0. The van der Waals surface area contributed by atoms with Gasteiger partial charge in [-0.2, -0.15) is 0 Å². The van der Waals surface area contributed by atoms with Crippen LogP contribution in [-0.4, -0.2) is 17.1 Å². The summed E-state index contributed by atoms with van der Waals surface area (Å²) in [5, 5.41) is 0. The van der Waals surface area contributed by atoms with E-state index in [0.717, 1.165) is 0 Å². The van der Waals surface area contributed by atoms with E-state index in [9.17, 15) is 0 Å². The zero-order chi connectivity index (χ0) is 0. The van der Waals surface area contributed by atoms with Gasteiger partial charge >= 0.3 is 0 Å². The fraction of sp³-hybridized carbons (Fsp3) is 0. The van der Waals surface area contributed by atoms with Gasteiger partial charge in [0.05, 0.1) is 0 Å². The molecule has 0 aromatic rings. The second kappa shape index (κ2) is 28.5. The first kappa shape index (κ1) is 44.6. The molecule has 0 atom stereocenters. The van der Waals surface area contributed by atoms with Crippen molar-refractivity contribution in [2.45, 2.75) is 0 Å². The van der Waals surface area contributed by atoms with Gasteiger partial charge in [-0.1, -0.05) is 0 Å². The Bertz CT molecular complexity index is 11.6. The van der Waals surface area contributed by atoms with Crippen LogP contribution >= 0.6 is 24.0 Å². The minimum absolute atomic E-state index is 0. The van der Waals surface area contributed by atoms with Gasteiger partial charge in [-0.25, -0.2) is 0 Å². The third-order valence-electron chi connectivity index (χ3n) is 0. The summed E-state index contributed by atoms with van der Waals surface area (Å²) < 4.78 is 0. The molecule has 0 aliphatic rings. The molecule has 0 heterocycles. The van der Waals surface area contributed by atoms with E-state index >= 15 is 0 Å². The van der Waals surface area contributed by atoms with Crippen LogP contribution in [0, 0.1) is 0 Å². The molecule has 5 heteroatoms. The fourth-order valence-electron chi connectivity index (χ4n) is 0. The summed E-state index contributed by atoms with van der Waals surface area (Å²) in [6, 6.07) is 0. The van der Waals surface area contributed by atoms with E-state index in [4.69, 9.17) is 0 Å². The van der Waals surface area contributed by atoms with Crippen LogP contribution in [0.4, 0.5) is 0 Å². The van der Waals surface area contributed by atoms with E-state index in [1.807, 2.05) is 0 Å². The van der Waals surface area contributed by atoms with E-state index in [-0.39, 0.29) is 94.7 Å². The van der Waals surface area contributed by atoms with Gasteiger partial charge in [-0.15, -0.1) is 24.0 Å². The number of halogens is 1. The van der Waals surface area contributed by atoms with Crippen LogP contribution in [0.2, 0.25) is 0 Å². The van der Waals surface area contributed by atoms with Crippen LogP contribution in [0.25, 0.3) is 0 Å². The van der Waals surface area contributed by atoms with Crippen LogP contribution in [0.15, 0.2) is 0 Å². The Morgan fingerprint density at radius 1 is 1.00 bits per heavy atom. The third-order valence-corrected chi connectivity index (χ3v) is 0. The molecule has 0 rings (SSSR count). The van der Waals surface area contributed by atoms with Crippen LogP contribution in [0.3, 0.4) is 0 Å². The molecule has 0 unspecified atom stereocenters. The molecule has 0 saturated heterocycles. The summed E-state index contributed by atoms with van der Waals surface area (Å²) in [6.45, 7) is 0. The molecule has 0 aliphatic heterocycles. The van der Waals surface area contributed by atoms with Gasteiger partial charge in [0.25, 0.3) is 0 Å². The smallest absolute Gasteiger partial charge is 0 e. The Hall–Kier alpha value is 2.91. The van der Waals surface area contributed by atoms with Crippen LogP contribution < -0.4 is 0 Å². The van der Waals surface area contributed by atoms with E-state index in [1.54, 1.807) is 0 Å². The number of hydrogen-bond donors (Lipinski definition) is 0. The molecular weight excluding hydrogens is 382 g/mol. The average molecular weight is 383 g/mol. The first-order valence-corrected chi connectivity index (χ1v) is 0. The van der Waals surface area contributed by atoms with Crippen LogP contribution in [0.1, 0.15) is 0 Å². The maximum Gasteiger partial charge on any atom is 0 e. The summed E-state index contributed by atoms with van der Waals surface area (Å²) in [6.07, 6.45) is 0. The fourth-order valence-corrected chi connectivity index (χ4v) is 0. The molecular formula is HFeIMnSeZn. The number of hydrogen-bond acceptors (Lipinski definition) is 0. The molecule has 0 aliphatic carbocycles. The Morgan fingerprint density at radius 2 is 1.00 bits per heavy atom. The van der Waals surface area contributed by atoms with E-state index < -0.39 is 0 Å². The molecule has 5 heavy (non-hydrogen) atoms. The number of rotatable bonds is 0. The van der Waals surface area contributed by atoms with Gasteiger partial charge in [0.15, 0.2) is 0 Å². The second-order valence-electron chi connectivity index (χ2n) is 0. The van der Waals surface area contributed by atoms with Gasteiger partial charge < -0.3 is 0 Å². The molecule has 0 spiro atoms. The normalized spacial score (nSPS) is 0. The predicted octanol–water partition coefficient (Wildman–Crippen LogP) is 0.230. The first-order chi connectivity index (χ1) is 0. The van der Waals surface area contributed by atoms with Crippen LogP contribution in [-0.2, 0) is 53.6 Å². The minimum Gasteiger partial charge on any atom is -0.107 e. The van der Waals surface area contributed by atoms with Gasteiger partial charge in [-0.3, -0.25) is 0 Å². The summed E-state index contributed by atoms with van der Waals surface area (Å²) >= 11 is 0. The third kappa shape index (κ3) is 19.7. The Balaban J connectivity index is 0. The minimum atomic E-state index is 0. The largest absolute Gasteiger partial charge is 0.107 e. The van der Waals surface area contributed by atoms with Crippen LogP contribution in [0.5, 0.6) is 0 Å². The molecule has 0 aromatic carbocycles. The van der Waals surface area contributed by atoms with Crippen molar-refractivity contribution < 1.29 is 53.6 Å². The van der Waals surface area contributed by atoms with E-state index in [2.05, 4.69) is 0 Å². The summed E-state index contributed by atoms with van der Waals surface area (Å²) in [7, 11) is 0. The molecule has 0 amide bonds. The summed E-state index contributed by atoms with van der Waals surface area (Å²) in [5.41, 5.74) is 0. The van der Waals surface area contributed by atoms with Gasteiger partial charge in [-0.05, 0) is 0 Å². The monoisotopic (exact) mass is 383 g/mol. The first-order valence-electron chi connectivity index (χ1n) is 0. The molecule has 0 saturated carbocycles. The SMILES string of the molecule is I.[Fe].[Mn].[Se].[Zn]. The molecule has 0 nitrogen and oxygen atoms in total. The molecule has 0 bridgehead atoms. The zero-order valence-corrected chi connectivity index (χ0v) is 11.6. The Morgan fingerprint density at radius 3 is 1.00 bits per heavy atom.